The maximum absolute atomic E-state index is 9.01. The van der Waals surface area contributed by atoms with Crippen molar-refractivity contribution < 1.29 is 4.74 Å². The summed E-state index contributed by atoms with van der Waals surface area (Å²) in [7, 11) is 3.70. The van der Waals surface area contributed by atoms with Crippen LogP contribution in [0.1, 0.15) is 24.0 Å². The van der Waals surface area contributed by atoms with Crippen molar-refractivity contribution >= 4 is 0 Å². The molecule has 1 N–H and O–H groups in total. The molecular formula is C16H23N3O. The Morgan fingerprint density at radius 2 is 2.15 bits per heavy atom. The molecule has 0 saturated carbocycles. The zero-order valence-electron chi connectivity index (χ0n) is 12.4. The Morgan fingerprint density at radius 1 is 1.40 bits per heavy atom. The first-order valence-corrected chi connectivity index (χ1v) is 7.20. The largest absolute Gasteiger partial charge is 0.496 e. The van der Waals surface area contributed by atoms with E-state index >= 15 is 0 Å². The number of rotatable bonds is 5. The molecule has 1 aromatic carbocycles. The van der Waals surface area contributed by atoms with Crippen molar-refractivity contribution in [2.45, 2.75) is 19.4 Å². The molecule has 0 unspecified atom stereocenters. The smallest absolute Gasteiger partial charge is 0.123 e. The summed E-state index contributed by atoms with van der Waals surface area (Å²) in [5, 5.41) is 12.3. The van der Waals surface area contributed by atoms with Gasteiger partial charge < -0.3 is 10.1 Å². The van der Waals surface area contributed by atoms with Crippen molar-refractivity contribution in [3.05, 3.63) is 29.3 Å². The number of nitrogens with one attached hydrogen (secondary N) is 1. The average molecular weight is 273 g/mol. The molecule has 4 heteroatoms. The van der Waals surface area contributed by atoms with Crippen LogP contribution in [0.2, 0.25) is 0 Å². The Balaban J connectivity index is 1.98. The van der Waals surface area contributed by atoms with Crippen LogP contribution in [0.15, 0.2) is 18.2 Å². The number of hydrogen-bond donors (Lipinski definition) is 1. The van der Waals surface area contributed by atoms with E-state index in [1.165, 1.54) is 12.8 Å². The van der Waals surface area contributed by atoms with E-state index in [9.17, 15) is 0 Å². The molecular weight excluding hydrogens is 250 g/mol. The Labute approximate surface area is 121 Å². The Kier molecular flexibility index (Phi) is 5.40. The zero-order valence-corrected chi connectivity index (χ0v) is 12.4. The number of nitriles is 1. The van der Waals surface area contributed by atoms with Crippen LogP contribution in [0.5, 0.6) is 5.75 Å². The predicted molar refractivity (Wildman–Crippen MR) is 79.6 cm³/mol. The maximum atomic E-state index is 9.01. The first kappa shape index (κ1) is 14.8. The molecule has 0 aliphatic carbocycles. The highest BCUT2D eigenvalue weighted by Crippen LogP contribution is 2.24. The van der Waals surface area contributed by atoms with Crippen LogP contribution in [-0.2, 0) is 6.54 Å². The third-order valence-corrected chi connectivity index (χ3v) is 4.00. The fourth-order valence-corrected chi connectivity index (χ4v) is 2.85. The SMILES string of the molecule is CNCC1CCN(Cc2cc(C#N)ccc2OC)CC1. The highest BCUT2D eigenvalue weighted by Gasteiger charge is 2.19. The first-order chi connectivity index (χ1) is 9.76. The van der Waals surface area contributed by atoms with E-state index in [0.717, 1.165) is 43.4 Å². The summed E-state index contributed by atoms with van der Waals surface area (Å²) in [4.78, 5) is 2.45. The minimum Gasteiger partial charge on any atom is -0.496 e. The number of nitrogens with zero attached hydrogens (tertiary/aromatic N) is 2. The third-order valence-electron chi connectivity index (χ3n) is 4.00. The molecule has 0 radical (unpaired) electrons. The number of benzene rings is 1. The molecule has 108 valence electrons. The molecule has 1 fully saturated rings. The van der Waals surface area contributed by atoms with Gasteiger partial charge in [-0.15, -0.1) is 0 Å². The van der Waals surface area contributed by atoms with Crippen molar-refractivity contribution in [1.82, 2.24) is 10.2 Å². The van der Waals surface area contributed by atoms with Gasteiger partial charge in [-0.25, -0.2) is 0 Å². The summed E-state index contributed by atoms with van der Waals surface area (Å²) >= 11 is 0. The number of piperidine rings is 1. The second-order valence-electron chi connectivity index (χ2n) is 5.42. The molecule has 0 amide bonds. The molecule has 1 aromatic rings. The molecule has 0 bridgehead atoms. The van der Waals surface area contributed by atoms with Crippen LogP contribution in [0.3, 0.4) is 0 Å². The quantitative estimate of drug-likeness (QED) is 0.891. The lowest BCUT2D eigenvalue weighted by molar-refractivity contribution is 0.175. The average Bonchev–Trinajstić information content (AvgIpc) is 2.49. The van der Waals surface area contributed by atoms with Gasteiger partial charge >= 0.3 is 0 Å². The molecule has 4 nitrogen and oxygen atoms in total. The molecule has 0 aromatic heterocycles. The van der Waals surface area contributed by atoms with Crippen molar-refractivity contribution in [3.8, 4) is 11.8 Å². The molecule has 0 atom stereocenters. The van der Waals surface area contributed by atoms with E-state index in [-0.39, 0.29) is 0 Å². The third kappa shape index (κ3) is 3.72. The van der Waals surface area contributed by atoms with E-state index in [1.54, 1.807) is 7.11 Å². The van der Waals surface area contributed by atoms with E-state index < -0.39 is 0 Å². The summed E-state index contributed by atoms with van der Waals surface area (Å²) < 4.78 is 5.40. The van der Waals surface area contributed by atoms with Gasteiger partial charge in [-0.3, -0.25) is 4.90 Å². The van der Waals surface area contributed by atoms with Crippen LogP contribution in [0.25, 0.3) is 0 Å². The summed E-state index contributed by atoms with van der Waals surface area (Å²) in [5.41, 5.74) is 1.81. The van der Waals surface area contributed by atoms with E-state index in [0.29, 0.717) is 5.56 Å². The van der Waals surface area contributed by atoms with Crippen molar-refractivity contribution in [1.29, 1.82) is 5.26 Å². The lowest BCUT2D eigenvalue weighted by Crippen LogP contribution is -2.36. The molecule has 1 heterocycles. The number of likely N-dealkylation sites (tertiary alicyclic amines) is 1. The van der Waals surface area contributed by atoms with Gasteiger partial charge in [0.1, 0.15) is 5.75 Å². The summed E-state index contributed by atoms with van der Waals surface area (Å²) in [6.45, 7) is 4.21. The normalized spacial score (nSPS) is 16.9. The Bertz CT molecular complexity index is 473. The molecule has 1 aliphatic heterocycles. The number of hydrogen-bond acceptors (Lipinski definition) is 4. The molecule has 1 aliphatic rings. The van der Waals surface area contributed by atoms with Gasteiger partial charge in [0, 0.05) is 12.1 Å². The summed E-state index contributed by atoms with van der Waals surface area (Å²) in [6, 6.07) is 7.84. The lowest BCUT2D eigenvalue weighted by atomic mass is 9.96. The van der Waals surface area contributed by atoms with Gasteiger partial charge in [-0.1, -0.05) is 0 Å². The maximum Gasteiger partial charge on any atom is 0.123 e. The monoisotopic (exact) mass is 273 g/mol. The van der Waals surface area contributed by atoms with Gasteiger partial charge in [0.15, 0.2) is 0 Å². The van der Waals surface area contributed by atoms with Gasteiger partial charge in [0.25, 0.3) is 0 Å². The topological polar surface area (TPSA) is 48.3 Å². The highest BCUT2D eigenvalue weighted by molar-refractivity contribution is 5.42. The second-order valence-corrected chi connectivity index (χ2v) is 5.42. The van der Waals surface area contributed by atoms with Gasteiger partial charge in [0.05, 0.1) is 18.7 Å². The minimum atomic E-state index is 0.700. The number of methoxy groups -OCH3 is 1. The standard InChI is InChI=1S/C16H23N3O/c1-18-11-13-5-7-19(8-6-13)12-15-9-14(10-17)3-4-16(15)20-2/h3-4,9,13,18H,5-8,11-12H2,1-2H3. The molecule has 2 rings (SSSR count). The van der Waals surface area contributed by atoms with Crippen molar-refractivity contribution in [2.24, 2.45) is 5.92 Å². The second kappa shape index (κ2) is 7.28. The predicted octanol–water partition coefficient (Wildman–Crippen LogP) is 2.00. The minimum absolute atomic E-state index is 0.700. The fraction of sp³-hybridized carbons (Fsp3) is 0.562. The van der Waals surface area contributed by atoms with Crippen molar-refractivity contribution in [2.75, 3.05) is 33.8 Å². The Morgan fingerprint density at radius 3 is 2.75 bits per heavy atom. The summed E-state index contributed by atoms with van der Waals surface area (Å²) in [6.07, 6.45) is 2.47. The van der Waals surface area contributed by atoms with E-state index in [4.69, 9.17) is 10.00 Å². The number of ether oxygens (including phenoxy) is 1. The van der Waals surface area contributed by atoms with E-state index in [1.807, 2.05) is 25.2 Å². The van der Waals surface area contributed by atoms with Crippen LogP contribution >= 0.6 is 0 Å². The van der Waals surface area contributed by atoms with Crippen LogP contribution < -0.4 is 10.1 Å². The molecule has 0 spiro atoms. The van der Waals surface area contributed by atoms with Gasteiger partial charge in [-0.05, 0) is 63.6 Å². The van der Waals surface area contributed by atoms with Gasteiger partial charge in [-0.2, -0.15) is 5.26 Å². The van der Waals surface area contributed by atoms with Crippen molar-refractivity contribution in [3.63, 3.8) is 0 Å². The zero-order chi connectivity index (χ0) is 14.4. The molecule has 1 saturated heterocycles. The summed E-state index contributed by atoms with van der Waals surface area (Å²) in [5.74, 6) is 1.67. The Hall–Kier alpha value is -1.57. The van der Waals surface area contributed by atoms with Crippen LogP contribution in [0.4, 0.5) is 0 Å². The lowest BCUT2D eigenvalue weighted by Gasteiger charge is -2.32. The fourth-order valence-electron chi connectivity index (χ4n) is 2.85. The highest BCUT2D eigenvalue weighted by atomic mass is 16.5. The molecule has 20 heavy (non-hydrogen) atoms. The van der Waals surface area contributed by atoms with E-state index in [2.05, 4.69) is 16.3 Å². The van der Waals surface area contributed by atoms with Gasteiger partial charge in [0.2, 0.25) is 0 Å². The van der Waals surface area contributed by atoms with Crippen LogP contribution in [0, 0.1) is 17.2 Å². The van der Waals surface area contributed by atoms with Crippen LogP contribution in [-0.4, -0.2) is 38.7 Å². The first-order valence-electron chi connectivity index (χ1n) is 7.20.